The molecule has 0 aromatic carbocycles. The smallest absolute Gasteiger partial charge is 0.346 e. The van der Waals surface area contributed by atoms with Crippen LogP contribution in [0.3, 0.4) is 0 Å². The summed E-state index contributed by atoms with van der Waals surface area (Å²) in [5, 5.41) is 9.36. The number of rotatable bonds is 4. The van der Waals surface area contributed by atoms with Crippen LogP contribution in [0, 0.1) is 18.8 Å². The lowest BCUT2D eigenvalue weighted by Crippen LogP contribution is -2.45. The SMILES string of the molecule is Cc1cc(NS(=O)(=O)N2CC(C)CC(C)C2)sc1C(=O)O. The Hall–Kier alpha value is -1.12. The van der Waals surface area contributed by atoms with Crippen molar-refractivity contribution in [1.29, 1.82) is 0 Å². The highest BCUT2D eigenvalue weighted by Gasteiger charge is 2.31. The van der Waals surface area contributed by atoms with Crippen LogP contribution in [0.5, 0.6) is 0 Å². The molecule has 1 aliphatic rings. The van der Waals surface area contributed by atoms with Crippen molar-refractivity contribution in [2.75, 3.05) is 17.8 Å². The molecule has 0 bridgehead atoms. The molecule has 6 nitrogen and oxygen atoms in total. The first-order valence-electron chi connectivity index (χ1n) is 6.80. The Labute approximate surface area is 129 Å². The maximum atomic E-state index is 12.4. The van der Waals surface area contributed by atoms with Gasteiger partial charge in [-0.25, -0.2) is 4.79 Å². The van der Waals surface area contributed by atoms with Crippen molar-refractivity contribution in [3.8, 4) is 0 Å². The largest absolute Gasteiger partial charge is 0.477 e. The van der Waals surface area contributed by atoms with E-state index in [1.54, 1.807) is 13.0 Å². The van der Waals surface area contributed by atoms with E-state index in [0.29, 0.717) is 35.5 Å². The van der Waals surface area contributed by atoms with E-state index in [9.17, 15) is 13.2 Å². The number of piperidine rings is 1. The van der Waals surface area contributed by atoms with Crippen LogP contribution in [-0.2, 0) is 10.2 Å². The number of nitrogens with one attached hydrogen (secondary N) is 1. The van der Waals surface area contributed by atoms with Gasteiger partial charge in [0.2, 0.25) is 0 Å². The number of hydrogen-bond acceptors (Lipinski definition) is 4. The molecule has 2 N–H and O–H groups in total. The van der Waals surface area contributed by atoms with Crippen LogP contribution >= 0.6 is 11.3 Å². The maximum Gasteiger partial charge on any atom is 0.346 e. The Morgan fingerprint density at radius 2 is 1.95 bits per heavy atom. The van der Waals surface area contributed by atoms with Gasteiger partial charge in [-0.2, -0.15) is 12.7 Å². The zero-order chi connectivity index (χ0) is 15.8. The Balaban J connectivity index is 2.17. The normalized spacial score (nSPS) is 24.0. The molecule has 2 atom stereocenters. The van der Waals surface area contributed by atoms with E-state index < -0.39 is 16.2 Å². The molecule has 2 heterocycles. The van der Waals surface area contributed by atoms with E-state index in [2.05, 4.69) is 4.72 Å². The average Bonchev–Trinajstić information content (AvgIpc) is 2.68. The van der Waals surface area contributed by atoms with E-state index in [1.165, 1.54) is 4.31 Å². The molecule has 1 aliphatic heterocycles. The van der Waals surface area contributed by atoms with Crippen molar-refractivity contribution in [2.24, 2.45) is 11.8 Å². The third-order valence-corrected chi connectivity index (χ3v) is 6.24. The molecule has 1 fully saturated rings. The van der Waals surface area contributed by atoms with Gasteiger partial charge >= 0.3 is 16.2 Å². The molecule has 8 heteroatoms. The minimum Gasteiger partial charge on any atom is -0.477 e. The number of carbonyl (C=O) groups is 1. The van der Waals surface area contributed by atoms with E-state index in [1.807, 2.05) is 13.8 Å². The number of aromatic carboxylic acids is 1. The molecule has 118 valence electrons. The van der Waals surface area contributed by atoms with Crippen molar-refractivity contribution in [3.05, 3.63) is 16.5 Å². The maximum absolute atomic E-state index is 12.4. The number of aryl methyl sites for hydroxylation is 1. The van der Waals surface area contributed by atoms with Gasteiger partial charge in [0.1, 0.15) is 9.88 Å². The molecular weight excluding hydrogens is 312 g/mol. The van der Waals surface area contributed by atoms with Crippen molar-refractivity contribution in [3.63, 3.8) is 0 Å². The summed E-state index contributed by atoms with van der Waals surface area (Å²) in [7, 11) is -3.63. The first-order valence-corrected chi connectivity index (χ1v) is 9.06. The predicted octanol–water partition coefficient (Wildman–Crippen LogP) is 2.39. The zero-order valence-electron chi connectivity index (χ0n) is 12.3. The van der Waals surface area contributed by atoms with Gasteiger partial charge in [0.05, 0.1) is 0 Å². The third kappa shape index (κ3) is 3.75. The van der Waals surface area contributed by atoms with Gasteiger partial charge in [-0.15, -0.1) is 11.3 Å². The number of hydrogen-bond donors (Lipinski definition) is 2. The summed E-state index contributed by atoms with van der Waals surface area (Å²) >= 11 is 0.944. The van der Waals surface area contributed by atoms with Crippen molar-refractivity contribution >= 4 is 32.5 Å². The summed E-state index contributed by atoms with van der Waals surface area (Å²) in [4.78, 5) is 11.2. The van der Waals surface area contributed by atoms with Gasteiger partial charge in [0.15, 0.2) is 0 Å². The highest BCUT2D eigenvalue weighted by atomic mass is 32.2. The highest BCUT2D eigenvalue weighted by Crippen LogP contribution is 2.29. The van der Waals surface area contributed by atoms with Gasteiger partial charge in [-0.05, 0) is 36.8 Å². The number of carboxylic acids is 1. The monoisotopic (exact) mass is 332 g/mol. The summed E-state index contributed by atoms with van der Waals surface area (Å²) in [6.45, 7) is 6.72. The van der Waals surface area contributed by atoms with Gasteiger partial charge in [0.25, 0.3) is 0 Å². The van der Waals surface area contributed by atoms with Crippen LogP contribution < -0.4 is 4.72 Å². The second kappa shape index (κ2) is 5.94. The second-order valence-corrected chi connectivity index (χ2v) is 8.52. The van der Waals surface area contributed by atoms with Gasteiger partial charge < -0.3 is 5.11 Å². The van der Waals surface area contributed by atoms with Crippen molar-refractivity contribution in [1.82, 2.24) is 4.31 Å². The summed E-state index contributed by atoms with van der Waals surface area (Å²) in [6, 6.07) is 1.56. The summed E-state index contributed by atoms with van der Waals surface area (Å²) in [6.07, 6.45) is 1.02. The van der Waals surface area contributed by atoms with Gasteiger partial charge in [-0.3, -0.25) is 4.72 Å². The number of thiophene rings is 1. The molecule has 2 rings (SSSR count). The fraction of sp³-hybridized carbons (Fsp3) is 0.615. The van der Waals surface area contributed by atoms with Gasteiger partial charge in [-0.1, -0.05) is 13.8 Å². The zero-order valence-corrected chi connectivity index (χ0v) is 13.9. The number of anilines is 1. The molecule has 1 aromatic heterocycles. The lowest BCUT2D eigenvalue weighted by molar-refractivity contribution is 0.0701. The van der Waals surface area contributed by atoms with Crippen LogP contribution in [-0.4, -0.2) is 36.9 Å². The minimum absolute atomic E-state index is 0.160. The first kappa shape index (κ1) is 16.3. The fourth-order valence-electron chi connectivity index (χ4n) is 2.74. The predicted molar refractivity (Wildman–Crippen MR) is 83.1 cm³/mol. The van der Waals surface area contributed by atoms with E-state index >= 15 is 0 Å². The molecule has 0 radical (unpaired) electrons. The average molecular weight is 332 g/mol. The van der Waals surface area contributed by atoms with Crippen molar-refractivity contribution in [2.45, 2.75) is 27.2 Å². The Morgan fingerprint density at radius 3 is 2.43 bits per heavy atom. The molecule has 0 amide bonds. The van der Waals surface area contributed by atoms with Crippen LogP contribution in [0.4, 0.5) is 5.00 Å². The second-order valence-electron chi connectivity index (χ2n) is 5.80. The molecule has 1 saturated heterocycles. The van der Waals surface area contributed by atoms with Crippen LogP contribution in [0.15, 0.2) is 6.07 Å². The summed E-state index contributed by atoms with van der Waals surface area (Å²) < 4.78 is 28.8. The Bertz CT molecular complexity index is 629. The summed E-state index contributed by atoms with van der Waals surface area (Å²) in [5.74, 6) is -0.391. The third-order valence-electron chi connectivity index (χ3n) is 3.52. The van der Waals surface area contributed by atoms with Crippen LogP contribution in [0.1, 0.15) is 35.5 Å². The Morgan fingerprint density at radius 1 is 1.38 bits per heavy atom. The molecule has 0 spiro atoms. The quantitative estimate of drug-likeness (QED) is 0.886. The molecule has 0 saturated carbocycles. The van der Waals surface area contributed by atoms with E-state index in [-0.39, 0.29) is 4.88 Å². The summed E-state index contributed by atoms with van der Waals surface area (Å²) in [5.41, 5.74) is 0.561. The lowest BCUT2D eigenvalue weighted by atomic mass is 9.94. The number of carboxylic acid groups (broad SMARTS) is 1. The lowest BCUT2D eigenvalue weighted by Gasteiger charge is -2.33. The molecule has 2 unspecified atom stereocenters. The van der Waals surface area contributed by atoms with E-state index in [4.69, 9.17) is 5.11 Å². The molecule has 1 aromatic rings. The minimum atomic E-state index is -3.63. The first-order chi connectivity index (χ1) is 9.69. The highest BCUT2D eigenvalue weighted by molar-refractivity contribution is 7.90. The molecule has 21 heavy (non-hydrogen) atoms. The molecular formula is C13H20N2O4S2. The topological polar surface area (TPSA) is 86.7 Å². The fourth-order valence-corrected chi connectivity index (χ4v) is 5.33. The number of nitrogens with zero attached hydrogens (tertiary/aromatic N) is 1. The standard InChI is InChI=1S/C13H20N2O4S2/c1-8-4-9(2)7-15(6-8)21(18,19)14-11-5-10(3)12(20-11)13(16)17/h5,8-9,14H,4,6-7H2,1-3H3,(H,16,17). The van der Waals surface area contributed by atoms with Crippen LogP contribution in [0.25, 0.3) is 0 Å². The van der Waals surface area contributed by atoms with Gasteiger partial charge in [0, 0.05) is 13.1 Å². The van der Waals surface area contributed by atoms with Crippen LogP contribution in [0.2, 0.25) is 0 Å². The van der Waals surface area contributed by atoms with Crippen molar-refractivity contribution < 1.29 is 18.3 Å². The molecule has 0 aliphatic carbocycles. The van der Waals surface area contributed by atoms with E-state index in [0.717, 1.165) is 17.8 Å². The Kier molecular flexibility index (Phi) is 4.60.